The molecule has 0 heterocycles. The van der Waals surface area contributed by atoms with Gasteiger partial charge in [0.2, 0.25) is 10.0 Å². The predicted molar refractivity (Wildman–Crippen MR) is 84.2 cm³/mol. The van der Waals surface area contributed by atoms with Crippen LogP contribution in [0.25, 0.3) is 0 Å². The van der Waals surface area contributed by atoms with Crippen LogP contribution in [0.3, 0.4) is 0 Å². The topological polar surface area (TPSA) is 66.4 Å². The van der Waals surface area contributed by atoms with Crippen LogP contribution in [-0.4, -0.2) is 20.1 Å². The van der Waals surface area contributed by atoms with E-state index in [1.54, 1.807) is 36.4 Å². The van der Waals surface area contributed by atoms with Crippen molar-refractivity contribution in [2.24, 2.45) is 0 Å². The number of nitrogens with one attached hydrogen (secondary N) is 1. The van der Waals surface area contributed by atoms with E-state index >= 15 is 0 Å². The minimum Gasteiger partial charge on any atom is -0.508 e. The summed E-state index contributed by atoms with van der Waals surface area (Å²) in [5, 5.41) is 9.24. The lowest BCUT2D eigenvalue weighted by Gasteiger charge is -2.07. The van der Waals surface area contributed by atoms with Crippen molar-refractivity contribution in [3.05, 3.63) is 48.5 Å². The first-order valence-electron chi connectivity index (χ1n) is 6.58. The molecule has 0 aliphatic rings. The molecule has 4 nitrogen and oxygen atoms in total. The normalized spacial score (nSPS) is 11.5. The summed E-state index contributed by atoms with van der Waals surface area (Å²) in [6.45, 7) is 2.35. The fraction of sp³-hybridized carbons (Fsp3) is 0.200. The van der Waals surface area contributed by atoms with Crippen molar-refractivity contribution >= 4 is 21.8 Å². The number of aromatic hydroxyl groups is 1. The summed E-state index contributed by atoms with van der Waals surface area (Å²) in [7, 11) is -3.41. The Morgan fingerprint density at radius 2 is 1.52 bits per heavy atom. The molecule has 2 aromatic rings. The zero-order valence-electron chi connectivity index (χ0n) is 11.6. The Morgan fingerprint density at radius 3 is 2.05 bits per heavy atom. The maximum Gasteiger partial charge on any atom is 0.240 e. The molecule has 112 valence electrons. The summed E-state index contributed by atoms with van der Waals surface area (Å²) < 4.78 is 26.4. The zero-order chi connectivity index (χ0) is 15.3. The smallest absolute Gasteiger partial charge is 0.240 e. The Bertz CT molecular complexity index is 680. The number of benzene rings is 2. The molecule has 0 aliphatic carbocycles. The van der Waals surface area contributed by atoms with Crippen LogP contribution in [0.4, 0.5) is 0 Å². The van der Waals surface area contributed by atoms with Crippen LogP contribution in [0.5, 0.6) is 5.75 Å². The molecule has 2 N–H and O–H groups in total. The van der Waals surface area contributed by atoms with E-state index in [1.807, 2.05) is 19.1 Å². The Kier molecular flexibility index (Phi) is 5.27. The summed E-state index contributed by atoms with van der Waals surface area (Å²) in [6.07, 6.45) is 0.758. The number of rotatable bonds is 6. The first kappa shape index (κ1) is 15.9. The van der Waals surface area contributed by atoms with Crippen LogP contribution in [-0.2, 0) is 10.0 Å². The van der Waals surface area contributed by atoms with E-state index < -0.39 is 10.0 Å². The predicted octanol–water partition coefficient (Wildman–Crippen LogP) is 3.23. The number of sulfonamides is 1. The molecule has 0 saturated heterocycles. The van der Waals surface area contributed by atoms with Crippen molar-refractivity contribution in [3.8, 4) is 5.75 Å². The SMILES string of the molecule is CCCNS(=O)(=O)c1ccc(Sc2ccc(O)cc2)cc1. The van der Waals surface area contributed by atoms with E-state index in [0.717, 1.165) is 16.2 Å². The van der Waals surface area contributed by atoms with Crippen molar-refractivity contribution in [1.82, 2.24) is 4.72 Å². The largest absolute Gasteiger partial charge is 0.508 e. The van der Waals surface area contributed by atoms with E-state index in [1.165, 1.54) is 11.8 Å². The number of hydrogen-bond acceptors (Lipinski definition) is 4. The Hall–Kier alpha value is -1.50. The van der Waals surface area contributed by atoms with Gasteiger partial charge in [0.05, 0.1) is 4.90 Å². The van der Waals surface area contributed by atoms with Gasteiger partial charge >= 0.3 is 0 Å². The number of phenolic OH excluding ortho intramolecular Hbond substituents is 1. The molecule has 0 radical (unpaired) electrons. The summed E-state index contributed by atoms with van der Waals surface area (Å²) in [5.41, 5.74) is 0. The zero-order valence-corrected chi connectivity index (χ0v) is 13.2. The Balaban J connectivity index is 2.10. The molecule has 0 aromatic heterocycles. The van der Waals surface area contributed by atoms with Crippen LogP contribution < -0.4 is 4.72 Å². The molecule has 0 bridgehead atoms. The Labute approximate surface area is 129 Å². The second-order valence-corrected chi connectivity index (χ2v) is 7.38. The van der Waals surface area contributed by atoms with E-state index in [4.69, 9.17) is 0 Å². The van der Waals surface area contributed by atoms with Crippen LogP contribution in [0, 0.1) is 0 Å². The molecule has 0 atom stereocenters. The van der Waals surface area contributed by atoms with Gasteiger partial charge in [-0.05, 0) is 55.0 Å². The molecule has 0 amide bonds. The van der Waals surface area contributed by atoms with Gasteiger partial charge in [0.1, 0.15) is 5.75 Å². The maximum absolute atomic E-state index is 12.0. The van der Waals surface area contributed by atoms with E-state index in [9.17, 15) is 13.5 Å². The molecule has 0 fully saturated rings. The van der Waals surface area contributed by atoms with Crippen LogP contribution in [0.2, 0.25) is 0 Å². The minimum atomic E-state index is -3.41. The second-order valence-electron chi connectivity index (χ2n) is 4.47. The van der Waals surface area contributed by atoms with Gasteiger partial charge in [-0.15, -0.1) is 0 Å². The molecule has 2 aromatic carbocycles. The van der Waals surface area contributed by atoms with Crippen molar-refractivity contribution in [2.75, 3.05) is 6.54 Å². The third kappa shape index (κ3) is 4.49. The average Bonchev–Trinajstić information content (AvgIpc) is 2.48. The van der Waals surface area contributed by atoms with E-state index in [-0.39, 0.29) is 10.6 Å². The highest BCUT2D eigenvalue weighted by Crippen LogP contribution is 2.29. The highest BCUT2D eigenvalue weighted by atomic mass is 32.2. The monoisotopic (exact) mass is 323 g/mol. The maximum atomic E-state index is 12.0. The van der Waals surface area contributed by atoms with Crippen LogP contribution in [0.15, 0.2) is 63.2 Å². The molecule has 0 spiro atoms. The molecule has 2 rings (SSSR count). The van der Waals surface area contributed by atoms with Gasteiger partial charge in [0.25, 0.3) is 0 Å². The van der Waals surface area contributed by atoms with E-state index in [0.29, 0.717) is 6.54 Å². The molecule has 6 heteroatoms. The summed E-state index contributed by atoms with van der Waals surface area (Å²) >= 11 is 1.51. The summed E-state index contributed by atoms with van der Waals surface area (Å²) in [5.74, 6) is 0.225. The lowest BCUT2D eigenvalue weighted by Crippen LogP contribution is -2.24. The molecule has 0 saturated carbocycles. The van der Waals surface area contributed by atoms with Gasteiger partial charge in [-0.1, -0.05) is 18.7 Å². The molecule has 21 heavy (non-hydrogen) atoms. The molecule has 0 unspecified atom stereocenters. The van der Waals surface area contributed by atoms with Crippen molar-refractivity contribution < 1.29 is 13.5 Å². The third-order valence-corrected chi connectivity index (χ3v) is 5.24. The van der Waals surface area contributed by atoms with Gasteiger partial charge in [0.15, 0.2) is 0 Å². The molecular formula is C15H17NO3S2. The first-order valence-corrected chi connectivity index (χ1v) is 8.88. The number of hydrogen-bond donors (Lipinski definition) is 2. The Morgan fingerprint density at radius 1 is 1.00 bits per heavy atom. The van der Waals surface area contributed by atoms with Gasteiger partial charge in [0, 0.05) is 16.3 Å². The van der Waals surface area contributed by atoms with Gasteiger partial charge < -0.3 is 5.11 Å². The molecule has 0 aliphatic heterocycles. The summed E-state index contributed by atoms with van der Waals surface area (Å²) in [4.78, 5) is 2.19. The van der Waals surface area contributed by atoms with Gasteiger partial charge in [-0.3, -0.25) is 0 Å². The van der Waals surface area contributed by atoms with Crippen LogP contribution >= 0.6 is 11.8 Å². The van der Waals surface area contributed by atoms with Gasteiger partial charge in [-0.2, -0.15) is 0 Å². The highest BCUT2D eigenvalue weighted by Gasteiger charge is 2.12. The standard InChI is InChI=1S/C15H17NO3S2/c1-2-11-16-21(18,19)15-9-7-14(8-10-15)20-13-5-3-12(17)4-6-13/h3-10,16-17H,2,11H2,1H3. The third-order valence-electron chi connectivity index (χ3n) is 2.75. The highest BCUT2D eigenvalue weighted by molar-refractivity contribution is 7.99. The van der Waals surface area contributed by atoms with Crippen LogP contribution in [0.1, 0.15) is 13.3 Å². The lowest BCUT2D eigenvalue weighted by atomic mass is 10.3. The fourth-order valence-corrected chi connectivity index (χ4v) is 3.61. The average molecular weight is 323 g/mol. The number of phenols is 1. The summed E-state index contributed by atoms with van der Waals surface area (Å²) in [6, 6.07) is 13.6. The second kappa shape index (κ2) is 6.98. The molecular weight excluding hydrogens is 306 g/mol. The van der Waals surface area contributed by atoms with Crippen molar-refractivity contribution in [3.63, 3.8) is 0 Å². The quantitative estimate of drug-likeness (QED) is 0.856. The first-order chi connectivity index (χ1) is 10.0. The lowest BCUT2D eigenvalue weighted by molar-refractivity contribution is 0.475. The van der Waals surface area contributed by atoms with Crippen molar-refractivity contribution in [1.29, 1.82) is 0 Å². The van der Waals surface area contributed by atoms with Gasteiger partial charge in [-0.25, -0.2) is 13.1 Å². The van der Waals surface area contributed by atoms with Crippen molar-refractivity contribution in [2.45, 2.75) is 28.0 Å². The fourth-order valence-electron chi connectivity index (χ4n) is 1.66. The van der Waals surface area contributed by atoms with E-state index in [2.05, 4.69) is 4.72 Å². The minimum absolute atomic E-state index is 0.225.